The third-order valence-electron chi connectivity index (χ3n) is 4.16. The van der Waals surface area contributed by atoms with Gasteiger partial charge in [-0.2, -0.15) is 0 Å². The summed E-state index contributed by atoms with van der Waals surface area (Å²) < 4.78 is 5.45. The van der Waals surface area contributed by atoms with Crippen LogP contribution in [0.5, 0.6) is 0 Å². The van der Waals surface area contributed by atoms with Crippen LogP contribution in [0.3, 0.4) is 0 Å². The van der Waals surface area contributed by atoms with Gasteiger partial charge in [0.1, 0.15) is 0 Å². The topological polar surface area (TPSA) is 55.6 Å². The van der Waals surface area contributed by atoms with Gasteiger partial charge < -0.3 is 15.4 Å². The number of rotatable bonds is 6. The third kappa shape index (κ3) is 5.28. The lowest BCUT2D eigenvalue weighted by molar-refractivity contribution is -0.133. The first-order valence-corrected chi connectivity index (χ1v) is 7.31. The van der Waals surface area contributed by atoms with Crippen LogP contribution in [0.15, 0.2) is 0 Å². The molecule has 1 heterocycles. The van der Waals surface area contributed by atoms with Gasteiger partial charge in [-0.25, -0.2) is 0 Å². The quantitative estimate of drug-likeness (QED) is 0.812. The first-order valence-electron chi connectivity index (χ1n) is 7.31. The maximum Gasteiger partial charge on any atom is 0.224 e. The molecule has 1 saturated carbocycles. The lowest BCUT2D eigenvalue weighted by Gasteiger charge is -2.32. The van der Waals surface area contributed by atoms with E-state index in [0.717, 1.165) is 39.1 Å². The van der Waals surface area contributed by atoms with E-state index in [1.54, 1.807) is 0 Å². The van der Waals surface area contributed by atoms with E-state index in [9.17, 15) is 4.79 Å². The molecule has 0 spiro atoms. The second kappa shape index (κ2) is 8.08. The van der Waals surface area contributed by atoms with Gasteiger partial charge in [-0.3, -0.25) is 4.79 Å². The van der Waals surface area contributed by atoms with E-state index in [0.29, 0.717) is 18.3 Å². The molecule has 5 heteroatoms. The van der Waals surface area contributed by atoms with Crippen LogP contribution in [0.2, 0.25) is 0 Å². The molecular weight excluding hydrogens is 264 g/mol. The van der Waals surface area contributed by atoms with Gasteiger partial charge in [-0.15, -0.1) is 12.4 Å². The highest BCUT2D eigenvalue weighted by Gasteiger charge is 2.31. The standard InChI is InChI=1S/C14H26N2O2.ClH/c1-2-18-10-11-5-7-16(8-6-11)14(17)9-13(15)12-3-4-12;/h11-13H,2-10,15H2,1H3;1H. The van der Waals surface area contributed by atoms with Crippen molar-refractivity contribution in [2.24, 2.45) is 17.6 Å². The van der Waals surface area contributed by atoms with Crippen LogP contribution in [0.4, 0.5) is 0 Å². The molecule has 1 amide bonds. The average Bonchev–Trinajstić information content (AvgIpc) is 3.21. The lowest BCUT2D eigenvalue weighted by Crippen LogP contribution is -2.42. The molecule has 1 saturated heterocycles. The van der Waals surface area contributed by atoms with Crippen LogP contribution in [-0.4, -0.2) is 43.2 Å². The molecule has 1 unspecified atom stereocenters. The molecule has 0 aromatic heterocycles. The van der Waals surface area contributed by atoms with Crippen molar-refractivity contribution in [2.45, 2.75) is 45.1 Å². The number of carbonyl (C=O) groups excluding carboxylic acids is 1. The average molecular weight is 291 g/mol. The Morgan fingerprint density at radius 3 is 2.47 bits per heavy atom. The van der Waals surface area contributed by atoms with E-state index < -0.39 is 0 Å². The number of hydrogen-bond donors (Lipinski definition) is 1. The molecular formula is C14H27ClN2O2. The molecule has 1 atom stereocenters. The van der Waals surface area contributed by atoms with Gasteiger partial charge in [0.15, 0.2) is 0 Å². The molecule has 0 aromatic rings. The van der Waals surface area contributed by atoms with Gasteiger partial charge in [0.25, 0.3) is 0 Å². The zero-order valence-corrected chi connectivity index (χ0v) is 12.7. The second-order valence-corrected chi connectivity index (χ2v) is 5.69. The Hall–Kier alpha value is -0.320. The molecule has 19 heavy (non-hydrogen) atoms. The summed E-state index contributed by atoms with van der Waals surface area (Å²) in [6.07, 6.45) is 5.12. The highest BCUT2D eigenvalue weighted by atomic mass is 35.5. The Morgan fingerprint density at radius 1 is 1.32 bits per heavy atom. The molecule has 2 rings (SSSR count). The highest BCUT2D eigenvalue weighted by molar-refractivity contribution is 5.85. The number of hydrogen-bond acceptors (Lipinski definition) is 3. The van der Waals surface area contributed by atoms with Gasteiger partial charge in [0, 0.05) is 38.8 Å². The Kier molecular flexibility index (Phi) is 7.11. The smallest absolute Gasteiger partial charge is 0.224 e. The molecule has 0 radical (unpaired) electrons. The fourth-order valence-corrected chi connectivity index (χ4v) is 2.66. The number of piperidine rings is 1. The first-order chi connectivity index (χ1) is 8.70. The predicted molar refractivity (Wildman–Crippen MR) is 78.4 cm³/mol. The molecule has 112 valence electrons. The zero-order valence-electron chi connectivity index (χ0n) is 11.8. The Bertz CT molecular complexity index is 277. The number of carbonyl (C=O) groups is 1. The van der Waals surface area contributed by atoms with Crippen molar-refractivity contribution >= 4 is 18.3 Å². The van der Waals surface area contributed by atoms with E-state index in [2.05, 4.69) is 0 Å². The van der Waals surface area contributed by atoms with Crippen molar-refractivity contribution < 1.29 is 9.53 Å². The summed E-state index contributed by atoms with van der Waals surface area (Å²) in [4.78, 5) is 14.1. The van der Waals surface area contributed by atoms with Gasteiger partial charge in [0.05, 0.1) is 0 Å². The van der Waals surface area contributed by atoms with Crippen molar-refractivity contribution in [3.8, 4) is 0 Å². The summed E-state index contributed by atoms with van der Waals surface area (Å²) >= 11 is 0. The number of amides is 1. The number of likely N-dealkylation sites (tertiary alicyclic amines) is 1. The Morgan fingerprint density at radius 2 is 1.95 bits per heavy atom. The van der Waals surface area contributed by atoms with Crippen molar-refractivity contribution in [3.05, 3.63) is 0 Å². The third-order valence-corrected chi connectivity index (χ3v) is 4.16. The molecule has 2 N–H and O–H groups in total. The van der Waals surface area contributed by atoms with E-state index in [-0.39, 0.29) is 24.4 Å². The summed E-state index contributed by atoms with van der Waals surface area (Å²) in [6.45, 7) is 5.43. The van der Waals surface area contributed by atoms with E-state index in [1.807, 2.05) is 11.8 Å². The van der Waals surface area contributed by atoms with Crippen LogP contribution in [0, 0.1) is 11.8 Å². The largest absolute Gasteiger partial charge is 0.381 e. The Labute approximate surface area is 122 Å². The molecule has 2 aliphatic rings. The van der Waals surface area contributed by atoms with Crippen LogP contribution in [-0.2, 0) is 9.53 Å². The minimum Gasteiger partial charge on any atom is -0.381 e. The van der Waals surface area contributed by atoms with Gasteiger partial charge >= 0.3 is 0 Å². The molecule has 2 fully saturated rings. The monoisotopic (exact) mass is 290 g/mol. The van der Waals surface area contributed by atoms with Crippen LogP contribution >= 0.6 is 12.4 Å². The first kappa shape index (κ1) is 16.7. The van der Waals surface area contributed by atoms with Crippen LogP contribution in [0.25, 0.3) is 0 Å². The summed E-state index contributed by atoms with van der Waals surface area (Å²) in [5.41, 5.74) is 6.01. The van der Waals surface area contributed by atoms with Crippen LogP contribution < -0.4 is 5.73 Å². The van der Waals surface area contributed by atoms with Gasteiger partial charge in [-0.05, 0) is 44.4 Å². The SMILES string of the molecule is CCOCC1CCN(C(=O)CC(N)C2CC2)CC1.Cl. The minimum absolute atomic E-state index is 0. The fourth-order valence-electron chi connectivity index (χ4n) is 2.66. The summed E-state index contributed by atoms with van der Waals surface area (Å²) in [5, 5.41) is 0. The van der Waals surface area contributed by atoms with E-state index in [1.165, 1.54) is 12.8 Å². The van der Waals surface area contributed by atoms with E-state index in [4.69, 9.17) is 10.5 Å². The molecule has 1 aliphatic heterocycles. The molecule has 0 aromatic carbocycles. The van der Waals surface area contributed by atoms with Crippen molar-refractivity contribution in [3.63, 3.8) is 0 Å². The second-order valence-electron chi connectivity index (χ2n) is 5.69. The number of nitrogens with zero attached hydrogens (tertiary/aromatic N) is 1. The van der Waals surface area contributed by atoms with E-state index >= 15 is 0 Å². The van der Waals surface area contributed by atoms with Crippen molar-refractivity contribution in [1.82, 2.24) is 4.90 Å². The maximum atomic E-state index is 12.1. The fraction of sp³-hybridized carbons (Fsp3) is 0.929. The van der Waals surface area contributed by atoms with Crippen LogP contribution in [0.1, 0.15) is 39.0 Å². The molecule has 0 bridgehead atoms. The van der Waals surface area contributed by atoms with Gasteiger partial charge in [0.2, 0.25) is 5.91 Å². The Balaban J connectivity index is 0.00000180. The summed E-state index contributed by atoms with van der Waals surface area (Å²) in [7, 11) is 0. The number of nitrogens with two attached hydrogens (primary N) is 1. The number of halogens is 1. The minimum atomic E-state index is 0. The predicted octanol–water partition coefficient (Wildman–Crippen LogP) is 1.81. The normalized spacial score (nSPS) is 21.9. The lowest BCUT2D eigenvalue weighted by atomic mass is 9.97. The summed E-state index contributed by atoms with van der Waals surface area (Å²) in [6, 6.07) is 0.0960. The highest BCUT2D eigenvalue weighted by Crippen LogP contribution is 2.33. The van der Waals surface area contributed by atoms with Crippen molar-refractivity contribution in [2.75, 3.05) is 26.3 Å². The van der Waals surface area contributed by atoms with Gasteiger partial charge in [-0.1, -0.05) is 0 Å². The molecule has 1 aliphatic carbocycles. The van der Waals surface area contributed by atoms with Crippen molar-refractivity contribution in [1.29, 1.82) is 0 Å². The number of ether oxygens (including phenoxy) is 1. The maximum absolute atomic E-state index is 12.1. The molecule has 4 nitrogen and oxygen atoms in total. The summed E-state index contributed by atoms with van der Waals surface area (Å²) in [5.74, 6) is 1.50. The zero-order chi connectivity index (χ0) is 13.0.